The largest absolute Gasteiger partial charge is 0.444 e. The standard InChI is InChI=1S/C19H24FN3O2/c1-19(2,3)25-18(24)23-10-8-13(9-11-23)16-12-21-17(22-16)14-6-4-5-7-15(14)20/h4-7,13H,8-12H2,1-3H3. The minimum absolute atomic E-state index is 0.261. The van der Waals surface area contributed by atoms with Gasteiger partial charge < -0.3 is 9.64 Å². The zero-order valence-electron chi connectivity index (χ0n) is 15.0. The fraction of sp³-hybridized carbons (Fsp3) is 0.526. The molecule has 1 aromatic carbocycles. The third-order valence-corrected chi connectivity index (χ3v) is 4.37. The van der Waals surface area contributed by atoms with Crippen LogP contribution < -0.4 is 0 Å². The van der Waals surface area contributed by atoms with Crippen LogP contribution in [-0.4, -0.2) is 47.8 Å². The number of likely N-dealkylation sites (tertiary alicyclic amines) is 1. The van der Waals surface area contributed by atoms with Crippen molar-refractivity contribution in [2.75, 3.05) is 19.6 Å². The first-order chi connectivity index (χ1) is 11.8. The fourth-order valence-corrected chi connectivity index (χ4v) is 3.09. The van der Waals surface area contributed by atoms with E-state index in [1.165, 1.54) is 6.07 Å². The summed E-state index contributed by atoms with van der Waals surface area (Å²) in [5.74, 6) is 0.459. The molecular formula is C19H24FN3O2. The van der Waals surface area contributed by atoms with Gasteiger partial charge in [0.05, 0.1) is 12.1 Å². The molecule has 6 heteroatoms. The molecule has 3 rings (SSSR count). The number of hydrogen-bond donors (Lipinski definition) is 0. The molecule has 5 nitrogen and oxygen atoms in total. The predicted octanol–water partition coefficient (Wildman–Crippen LogP) is 3.67. The van der Waals surface area contributed by atoms with E-state index in [1.807, 2.05) is 20.8 Å². The molecule has 0 N–H and O–H groups in total. The van der Waals surface area contributed by atoms with Crippen LogP contribution >= 0.6 is 0 Å². The second kappa shape index (κ2) is 6.94. The van der Waals surface area contributed by atoms with Gasteiger partial charge in [0.2, 0.25) is 0 Å². The van der Waals surface area contributed by atoms with Crippen LogP contribution in [0, 0.1) is 11.7 Å². The molecule has 2 heterocycles. The van der Waals surface area contributed by atoms with Gasteiger partial charge in [-0.1, -0.05) is 12.1 Å². The molecule has 0 unspecified atom stereocenters. The van der Waals surface area contributed by atoms with Crippen molar-refractivity contribution in [3.63, 3.8) is 0 Å². The minimum atomic E-state index is -0.480. The number of ether oxygens (including phenoxy) is 1. The minimum Gasteiger partial charge on any atom is -0.444 e. The molecule has 134 valence electrons. The maximum atomic E-state index is 13.9. The Balaban J connectivity index is 1.59. The molecule has 0 bridgehead atoms. The van der Waals surface area contributed by atoms with Crippen LogP contribution in [0.15, 0.2) is 34.3 Å². The summed E-state index contributed by atoms with van der Waals surface area (Å²) in [5.41, 5.74) is 0.956. The third kappa shape index (κ3) is 4.24. The van der Waals surface area contributed by atoms with E-state index in [0.29, 0.717) is 31.0 Å². The maximum Gasteiger partial charge on any atom is 0.410 e. The number of aliphatic imine (C=N–C) groups is 2. The summed E-state index contributed by atoms with van der Waals surface area (Å²) < 4.78 is 19.3. The Morgan fingerprint density at radius 3 is 2.56 bits per heavy atom. The normalized spacial score (nSPS) is 18.8. The number of rotatable bonds is 2. The Bertz CT molecular complexity index is 714. The molecule has 0 aliphatic carbocycles. The number of carbonyl (C=O) groups excluding carboxylic acids is 1. The van der Waals surface area contributed by atoms with Gasteiger partial charge in [-0.25, -0.2) is 14.2 Å². The highest BCUT2D eigenvalue weighted by molar-refractivity contribution is 6.12. The van der Waals surface area contributed by atoms with E-state index in [4.69, 9.17) is 4.74 Å². The molecule has 0 atom stereocenters. The number of amides is 1. The number of carbonyl (C=O) groups is 1. The van der Waals surface area contributed by atoms with Crippen LogP contribution in [0.4, 0.5) is 9.18 Å². The van der Waals surface area contributed by atoms with E-state index in [9.17, 15) is 9.18 Å². The highest BCUT2D eigenvalue weighted by atomic mass is 19.1. The van der Waals surface area contributed by atoms with Crippen LogP contribution in [0.2, 0.25) is 0 Å². The number of benzene rings is 1. The molecule has 0 aromatic heterocycles. The monoisotopic (exact) mass is 345 g/mol. The Labute approximate surface area is 147 Å². The lowest BCUT2D eigenvalue weighted by atomic mass is 9.92. The molecule has 1 amide bonds. The SMILES string of the molecule is CC(C)(C)OC(=O)N1CCC(C2=NC(c3ccccc3F)=NC2)CC1. The van der Waals surface area contributed by atoms with Gasteiger partial charge in [0.1, 0.15) is 11.4 Å². The van der Waals surface area contributed by atoms with Crippen LogP contribution in [0.25, 0.3) is 0 Å². The quantitative estimate of drug-likeness (QED) is 0.821. The molecule has 0 radical (unpaired) electrons. The number of hydrogen-bond acceptors (Lipinski definition) is 4. The fourth-order valence-electron chi connectivity index (χ4n) is 3.09. The topological polar surface area (TPSA) is 54.3 Å². The number of nitrogens with zero attached hydrogens (tertiary/aromatic N) is 3. The molecular weight excluding hydrogens is 321 g/mol. The predicted molar refractivity (Wildman–Crippen MR) is 95.8 cm³/mol. The summed E-state index contributed by atoms with van der Waals surface area (Å²) in [4.78, 5) is 22.8. The van der Waals surface area contributed by atoms with Crippen molar-refractivity contribution < 1.29 is 13.9 Å². The van der Waals surface area contributed by atoms with E-state index in [2.05, 4.69) is 9.98 Å². The third-order valence-electron chi connectivity index (χ3n) is 4.37. The van der Waals surface area contributed by atoms with Crippen LogP contribution in [0.3, 0.4) is 0 Å². The second-order valence-electron chi connectivity index (χ2n) is 7.46. The first-order valence-electron chi connectivity index (χ1n) is 8.68. The van der Waals surface area contributed by atoms with E-state index in [-0.39, 0.29) is 17.8 Å². The second-order valence-corrected chi connectivity index (χ2v) is 7.46. The zero-order chi connectivity index (χ0) is 18.0. The van der Waals surface area contributed by atoms with Gasteiger partial charge >= 0.3 is 6.09 Å². The van der Waals surface area contributed by atoms with Crippen molar-refractivity contribution >= 4 is 17.6 Å². The number of amidine groups is 1. The first kappa shape index (κ1) is 17.6. The Morgan fingerprint density at radius 2 is 1.92 bits per heavy atom. The van der Waals surface area contributed by atoms with Crippen molar-refractivity contribution in [3.8, 4) is 0 Å². The van der Waals surface area contributed by atoms with Gasteiger partial charge in [0.25, 0.3) is 0 Å². The van der Waals surface area contributed by atoms with E-state index < -0.39 is 5.60 Å². The molecule has 1 fully saturated rings. The van der Waals surface area contributed by atoms with E-state index >= 15 is 0 Å². The van der Waals surface area contributed by atoms with Gasteiger partial charge in [0, 0.05) is 24.7 Å². The number of halogens is 1. The Kier molecular flexibility index (Phi) is 4.88. The Hall–Kier alpha value is -2.24. The van der Waals surface area contributed by atoms with Crippen LogP contribution in [-0.2, 0) is 4.74 Å². The Morgan fingerprint density at radius 1 is 1.24 bits per heavy atom. The highest BCUT2D eigenvalue weighted by Gasteiger charge is 2.30. The summed E-state index contributed by atoms with van der Waals surface area (Å²) in [6, 6.07) is 6.57. The van der Waals surface area contributed by atoms with Crippen molar-refractivity contribution in [1.29, 1.82) is 0 Å². The van der Waals surface area contributed by atoms with Crippen molar-refractivity contribution in [2.24, 2.45) is 15.9 Å². The molecule has 25 heavy (non-hydrogen) atoms. The average Bonchev–Trinajstić information content (AvgIpc) is 3.03. The van der Waals surface area contributed by atoms with Crippen molar-refractivity contribution in [3.05, 3.63) is 35.6 Å². The molecule has 2 aliphatic heterocycles. The smallest absolute Gasteiger partial charge is 0.410 e. The van der Waals surface area contributed by atoms with Crippen molar-refractivity contribution in [2.45, 2.75) is 39.2 Å². The van der Waals surface area contributed by atoms with E-state index in [1.54, 1.807) is 23.1 Å². The summed E-state index contributed by atoms with van der Waals surface area (Å²) in [7, 11) is 0. The van der Waals surface area contributed by atoms with E-state index in [0.717, 1.165) is 18.6 Å². The summed E-state index contributed by atoms with van der Waals surface area (Å²) in [5, 5.41) is 0. The first-order valence-corrected chi connectivity index (χ1v) is 8.68. The molecule has 2 aliphatic rings. The summed E-state index contributed by atoms with van der Waals surface area (Å²) >= 11 is 0. The molecule has 1 saturated heterocycles. The van der Waals surface area contributed by atoms with Gasteiger partial charge in [0.15, 0.2) is 5.84 Å². The molecule has 1 aromatic rings. The molecule has 0 spiro atoms. The van der Waals surface area contributed by atoms with Gasteiger partial charge in [-0.15, -0.1) is 0 Å². The average molecular weight is 345 g/mol. The lowest BCUT2D eigenvalue weighted by Gasteiger charge is -2.33. The maximum absolute atomic E-state index is 13.9. The van der Waals surface area contributed by atoms with Crippen LogP contribution in [0.1, 0.15) is 39.2 Å². The summed E-state index contributed by atoms with van der Waals surface area (Å²) in [6.45, 7) is 7.41. The van der Waals surface area contributed by atoms with Crippen LogP contribution in [0.5, 0.6) is 0 Å². The summed E-state index contributed by atoms with van der Waals surface area (Å²) in [6.07, 6.45) is 1.40. The lowest BCUT2D eigenvalue weighted by Crippen LogP contribution is -2.43. The van der Waals surface area contributed by atoms with Gasteiger partial charge in [-0.3, -0.25) is 4.99 Å². The zero-order valence-corrected chi connectivity index (χ0v) is 15.0. The van der Waals surface area contributed by atoms with Gasteiger partial charge in [-0.2, -0.15) is 0 Å². The highest BCUT2D eigenvalue weighted by Crippen LogP contribution is 2.24. The number of piperidine rings is 1. The lowest BCUT2D eigenvalue weighted by molar-refractivity contribution is 0.0201. The van der Waals surface area contributed by atoms with Crippen molar-refractivity contribution in [1.82, 2.24) is 4.90 Å². The molecule has 0 saturated carbocycles. The van der Waals surface area contributed by atoms with Gasteiger partial charge in [-0.05, 0) is 45.7 Å².